The molecule has 1 atom stereocenters. The molecule has 0 aliphatic heterocycles. The molecule has 0 spiro atoms. The Balaban J connectivity index is 2.44. The van der Waals surface area contributed by atoms with E-state index in [1.165, 1.54) is 0 Å². The number of rotatable bonds is 3. The maximum absolute atomic E-state index is 6.62. The van der Waals surface area contributed by atoms with Crippen LogP contribution in [0.3, 0.4) is 0 Å². The van der Waals surface area contributed by atoms with Gasteiger partial charge in [-0.2, -0.15) is 0 Å². The molecular formula is C16H19ClO2. The number of furan rings is 1. The minimum absolute atomic E-state index is 0.193. The van der Waals surface area contributed by atoms with Crippen molar-refractivity contribution in [2.75, 3.05) is 7.11 Å². The van der Waals surface area contributed by atoms with E-state index in [1.807, 2.05) is 39.8 Å². The summed E-state index contributed by atoms with van der Waals surface area (Å²) in [5.41, 5.74) is 4.35. The highest BCUT2D eigenvalue weighted by Crippen LogP contribution is 2.37. The molecule has 2 aromatic rings. The Bertz CT molecular complexity index is 599. The fourth-order valence-corrected chi connectivity index (χ4v) is 2.86. The van der Waals surface area contributed by atoms with E-state index in [0.717, 1.165) is 39.5 Å². The highest BCUT2D eigenvalue weighted by molar-refractivity contribution is 6.22. The predicted octanol–water partition coefficient (Wildman–Crippen LogP) is 4.85. The molecule has 2 nitrogen and oxygen atoms in total. The number of hydrogen-bond donors (Lipinski definition) is 0. The van der Waals surface area contributed by atoms with Crippen molar-refractivity contribution in [1.82, 2.24) is 0 Å². The molecule has 102 valence electrons. The number of aryl methyl sites for hydroxylation is 3. The lowest BCUT2D eigenvalue weighted by atomic mass is 9.99. The lowest BCUT2D eigenvalue weighted by molar-refractivity contribution is 0.411. The maximum atomic E-state index is 6.62. The standard InChI is InChI=1S/C16H19ClO2/c1-9-8-13(6-7-14(9)18-5)16(17)15-10(2)11(3)19-12(15)4/h6-8,16H,1-5H3. The molecule has 0 aliphatic carbocycles. The quantitative estimate of drug-likeness (QED) is 0.749. The molecule has 19 heavy (non-hydrogen) atoms. The normalized spacial score (nSPS) is 12.5. The molecule has 0 saturated carbocycles. The summed E-state index contributed by atoms with van der Waals surface area (Å²) >= 11 is 6.62. The number of methoxy groups -OCH3 is 1. The topological polar surface area (TPSA) is 22.4 Å². The van der Waals surface area contributed by atoms with Gasteiger partial charge in [0.05, 0.1) is 12.5 Å². The summed E-state index contributed by atoms with van der Waals surface area (Å²) < 4.78 is 10.9. The van der Waals surface area contributed by atoms with Crippen LogP contribution in [-0.2, 0) is 0 Å². The van der Waals surface area contributed by atoms with Crippen LogP contribution in [-0.4, -0.2) is 7.11 Å². The number of alkyl halides is 1. The molecule has 1 heterocycles. The van der Waals surface area contributed by atoms with E-state index in [4.69, 9.17) is 20.8 Å². The molecule has 1 aromatic carbocycles. The summed E-state index contributed by atoms with van der Waals surface area (Å²) in [4.78, 5) is 0. The van der Waals surface area contributed by atoms with Gasteiger partial charge >= 0.3 is 0 Å². The summed E-state index contributed by atoms with van der Waals surface area (Å²) in [7, 11) is 1.67. The van der Waals surface area contributed by atoms with Crippen molar-refractivity contribution >= 4 is 11.6 Å². The van der Waals surface area contributed by atoms with Gasteiger partial charge in [-0.1, -0.05) is 12.1 Å². The van der Waals surface area contributed by atoms with Gasteiger partial charge in [0.1, 0.15) is 17.3 Å². The van der Waals surface area contributed by atoms with Crippen molar-refractivity contribution in [3.63, 3.8) is 0 Å². The van der Waals surface area contributed by atoms with E-state index < -0.39 is 0 Å². The fraction of sp³-hybridized carbons (Fsp3) is 0.375. The molecule has 0 bridgehead atoms. The fourth-order valence-electron chi connectivity index (χ4n) is 2.41. The van der Waals surface area contributed by atoms with Crippen molar-refractivity contribution in [2.45, 2.75) is 33.1 Å². The monoisotopic (exact) mass is 278 g/mol. The molecule has 0 radical (unpaired) electrons. The summed E-state index contributed by atoms with van der Waals surface area (Å²) in [6.07, 6.45) is 0. The average molecular weight is 279 g/mol. The summed E-state index contributed by atoms with van der Waals surface area (Å²) in [6, 6.07) is 6.03. The smallest absolute Gasteiger partial charge is 0.121 e. The van der Waals surface area contributed by atoms with Crippen molar-refractivity contribution in [3.8, 4) is 5.75 Å². The Morgan fingerprint density at radius 3 is 2.26 bits per heavy atom. The second-order valence-corrected chi connectivity index (χ2v) is 5.28. The van der Waals surface area contributed by atoms with E-state index in [-0.39, 0.29) is 5.38 Å². The highest BCUT2D eigenvalue weighted by Gasteiger charge is 2.21. The first kappa shape index (κ1) is 14.0. The second kappa shape index (κ2) is 5.30. The van der Waals surface area contributed by atoms with Gasteiger partial charge in [-0.05, 0) is 50.5 Å². The maximum Gasteiger partial charge on any atom is 0.121 e. The molecule has 0 amide bonds. The molecule has 1 aromatic heterocycles. The van der Waals surface area contributed by atoms with Crippen LogP contribution in [0.15, 0.2) is 22.6 Å². The molecule has 0 N–H and O–H groups in total. The van der Waals surface area contributed by atoms with E-state index >= 15 is 0 Å². The SMILES string of the molecule is COc1ccc(C(Cl)c2c(C)oc(C)c2C)cc1C. The first-order chi connectivity index (χ1) is 8.95. The zero-order valence-corrected chi connectivity index (χ0v) is 12.8. The van der Waals surface area contributed by atoms with Crippen molar-refractivity contribution in [1.29, 1.82) is 0 Å². The van der Waals surface area contributed by atoms with E-state index in [9.17, 15) is 0 Å². The van der Waals surface area contributed by atoms with E-state index in [1.54, 1.807) is 7.11 Å². The molecular weight excluding hydrogens is 260 g/mol. The Morgan fingerprint density at radius 2 is 1.79 bits per heavy atom. The van der Waals surface area contributed by atoms with Gasteiger partial charge in [0.25, 0.3) is 0 Å². The van der Waals surface area contributed by atoms with Crippen LogP contribution in [0.2, 0.25) is 0 Å². The largest absolute Gasteiger partial charge is 0.496 e. The van der Waals surface area contributed by atoms with Gasteiger partial charge < -0.3 is 9.15 Å². The highest BCUT2D eigenvalue weighted by atomic mass is 35.5. The predicted molar refractivity (Wildman–Crippen MR) is 78.3 cm³/mol. The number of ether oxygens (including phenoxy) is 1. The van der Waals surface area contributed by atoms with Crippen molar-refractivity contribution in [2.24, 2.45) is 0 Å². The van der Waals surface area contributed by atoms with Gasteiger partial charge in [-0.15, -0.1) is 11.6 Å². The van der Waals surface area contributed by atoms with Crippen LogP contribution in [0.25, 0.3) is 0 Å². The van der Waals surface area contributed by atoms with Crippen LogP contribution in [0, 0.1) is 27.7 Å². The third-order valence-corrected chi connectivity index (χ3v) is 4.05. The van der Waals surface area contributed by atoms with Gasteiger partial charge in [0, 0.05) is 5.56 Å². The second-order valence-electron chi connectivity index (χ2n) is 4.84. The third kappa shape index (κ3) is 2.50. The average Bonchev–Trinajstić information content (AvgIpc) is 2.62. The lowest BCUT2D eigenvalue weighted by Gasteiger charge is -2.13. The van der Waals surface area contributed by atoms with Gasteiger partial charge in [0.2, 0.25) is 0 Å². The molecule has 0 saturated heterocycles. The van der Waals surface area contributed by atoms with Crippen molar-refractivity contribution in [3.05, 3.63) is 52.0 Å². The summed E-state index contributed by atoms with van der Waals surface area (Å²) in [6.45, 7) is 8.00. The minimum Gasteiger partial charge on any atom is -0.496 e. The van der Waals surface area contributed by atoms with E-state index in [0.29, 0.717) is 0 Å². The Hall–Kier alpha value is -1.41. The van der Waals surface area contributed by atoms with Gasteiger partial charge in [-0.25, -0.2) is 0 Å². The summed E-state index contributed by atoms with van der Waals surface area (Å²) in [5, 5.41) is -0.193. The molecule has 0 fully saturated rings. The number of hydrogen-bond acceptors (Lipinski definition) is 2. The van der Waals surface area contributed by atoms with E-state index in [2.05, 4.69) is 6.07 Å². The van der Waals surface area contributed by atoms with Gasteiger partial charge in [0.15, 0.2) is 0 Å². The van der Waals surface area contributed by atoms with Crippen LogP contribution < -0.4 is 4.74 Å². The number of benzene rings is 1. The van der Waals surface area contributed by atoms with Crippen LogP contribution in [0.4, 0.5) is 0 Å². The van der Waals surface area contributed by atoms with Crippen LogP contribution >= 0.6 is 11.6 Å². The number of halogens is 1. The lowest BCUT2D eigenvalue weighted by Crippen LogP contribution is -1.98. The molecule has 1 unspecified atom stereocenters. The zero-order valence-electron chi connectivity index (χ0n) is 12.0. The van der Waals surface area contributed by atoms with Crippen LogP contribution in [0.5, 0.6) is 5.75 Å². The van der Waals surface area contributed by atoms with Crippen molar-refractivity contribution < 1.29 is 9.15 Å². The Kier molecular flexibility index (Phi) is 3.91. The first-order valence-electron chi connectivity index (χ1n) is 6.30. The Labute approximate surface area is 119 Å². The molecule has 3 heteroatoms. The Morgan fingerprint density at radius 1 is 1.11 bits per heavy atom. The molecule has 0 aliphatic rings. The third-order valence-electron chi connectivity index (χ3n) is 3.58. The van der Waals surface area contributed by atoms with Gasteiger partial charge in [-0.3, -0.25) is 0 Å². The molecule has 2 rings (SSSR count). The van der Waals surface area contributed by atoms with Crippen LogP contribution in [0.1, 0.15) is 39.2 Å². The summed E-state index contributed by atoms with van der Waals surface area (Å²) in [5.74, 6) is 2.70. The zero-order chi connectivity index (χ0) is 14.2. The minimum atomic E-state index is -0.193. The first-order valence-corrected chi connectivity index (χ1v) is 6.74.